The third kappa shape index (κ3) is 7.77. The van der Waals surface area contributed by atoms with Gasteiger partial charge in [-0.05, 0) is 25.0 Å². The largest absolute Gasteiger partial charge is 0.423 e. The van der Waals surface area contributed by atoms with Crippen molar-refractivity contribution in [1.29, 1.82) is 0 Å². The molecule has 0 saturated carbocycles. The third-order valence-corrected chi connectivity index (χ3v) is 3.32. The lowest BCUT2D eigenvalue weighted by atomic mass is 10.2. The fourth-order valence-corrected chi connectivity index (χ4v) is 2.03. The summed E-state index contributed by atoms with van der Waals surface area (Å²) in [6, 6.07) is 3.54. The lowest BCUT2D eigenvalue weighted by Gasteiger charge is -2.10. The Labute approximate surface area is 137 Å². The highest BCUT2D eigenvalue weighted by molar-refractivity contribution is 5.76. The van der Waals surface area contributed by atoms with Crippen LogP contribution in [-0.4, -0.2) is 11.9 Å². The van der Waals surface area contributed by atoms with E-state index in [2.05, 4.69) is 0 Å². The van der Waals surface area contributed by atoms with E-state index in [0.29, 0.717) is 0 Å². The second-order valence-electron chi connectivity index (χ2n) is 5.45. The molecule has 4 nitrogen and oxygen atoms in total. The van der Waals surface area contributed by atoms with Gasteiger partial charge in [-0.1, -0.05) is 39.5 Å². The van der Waals surface area contributed by atoms with Crippen molar-refractivity contribution in [2.75, 3.05) is 0 Å². The van der Waals surface area contributed by atoms with E-state index < -0.39 is 17.8 Å². The molecule has 0 aliphatic rings. The number of ether oxygens (including phenoxy) is 2. The molecule has 1 aromatic carbocycles. The van der Waals surface area contributed by atoms with E-state index in [0.717, 1.165) is 44.6 Å². The van der Waals surface area contributed by atoms with Crippen LogP contribution in [0, 0.1) is 5.82 Å². The minimum absolute atomic E-state index is 0.0460. The smallest absolute Gasteiger partial charge is 0.311 e. The van der Waals surface area contributed by atoms with E-state index in [1.165, 1.54) is 12.1 Å². The Balaban J connectivity index is 2.65. The van der Waals surface area contributed by atoms with Crippen LogP contribution in [0.2, 0.25) is 0 Å². The summed E-state index contributed by atoms with van der Waals surface area (Å²) >= 11 is 0. The molecule has 5 heteroatoms. The van der Waals surface area contributed by atoms with E-state index in [4.69, 9.17) is 9.47 Å². The fourth-order valence-electron chi connectivity index (χ4n) is 2.03. The standard InChI is InChI=1S/C18H25FO4/c1-3-5-7-9-17(20)22-15-12-11-14(19)13-16(15)23-18(21)10-8-6-4-2/h11-13H,3-10H2,1-2H3. The molecule has 0 amide bonds. The number of carbonyl (C=O) groups excluding carboxylic acids is 2. The number of benzene rings is 1. The van der Waals surface area contributed by atoms with E-state index in [1.807, 2.05) is 13.8 Å². The van der Waals surface area contributed by atoms with Crippen molar-refractivity contribution in [2.45, 2.75) is 65.2 Å². The van der Waals surface area contributed by atoms with Gasteiger partial charge in [0.2, 0.25) is 0 Å². The Morgan fingerprint density at radius 1 is 0.870 bits per heavy atom. The van der Waals surface area contributed by atoms with Crippen LogP contribution in [0.5, 0.6) is 11.5 Å². The number of hydrogen-bond donors (Lipinski definition) is 0. The first kappa shape index (κ1) is 19.1. The van der Waals surface area contributed by atoms with Crippen LogP contribution in [-0.2, 0) is 9.59 Å². The lowest BCUT2D eigenvalue weighted by molar-refractivity contribution is -0.137. The number of hydrogen-bond acceptors (Lipinski definition) is 4. The van der Waals surface area contributed by atoms with Crippen molar-refractivity contribution in [3.05, 3.63) is 24.0 Å². The molecular weight excluding hydrogens is 299 g/mol. The monoisotopic (exact) mass is 324 g/mol. The number of halogens is 1. The number of rotatable bonds is 10. The van der Waals surface area contributed by atoms with Crippen LogP contribution in [0.1, 0.15) is 65.2 Å². The Hall–Kier alpha value is -1.91. The quantitative estimate of drug-likeness (QED) is 0.352. The Bertz CT molecular complexity index is 514. The highest BCUT2D eigenvalue weighted by Gasteiger charge is 2.14. The van der Waals surface area contributed by atoms with Gasteiger partial charge in [0.1, 0.15) is 5.82 Å². The summed E-state index contributed by atoms with van der Waals surface area (Å²) in [6.07, 6.45) is 5.87. The first-order valence-corrected chi connectivity index (χ1v) is 8.27. The zero-order chi connectivity index (χ0) is 17.1. The van der Waals surface area contributed by atoms with Gasteiger partial charge in [0.25, 0.3) is 0 Å². The molecule has 0 atom stereocenters. The minimum Gasteiger partial charge on any atom is -0.423 e. The van der Waals surface area contributed by atoms with E-state index >= 15 is 0 Å². The number of esters is 2. The fraction of sp³-hybridized carbons (Fsp3) is 0.556. The van der Waals surface area contributed by atoms with Gasteiger partial charge >= 0.3 is 11.9 Å². The molecule has 0 saturated heterocycles. The molecule has 1 aromatic rings. The normalized spacial score (nSPS) is 10.4. The molecule has 1 rings (SSSR count). The summed E-state index contributed by atoms with van der Waals surface area (Å²) in [5.41, 5.74) is 0. The van der Waals surface area contributed by atoms with Gasteiger partial charge < -0.3 is 9.47 Å². The number of unbranched alkanes of at least 4 members (excludes halogenated alkanes) is 4. The third-order valence-electron chi connectivity index (χ3n) is 3.32. The first-order chi connectivity index (χ1) is 11.1. The van der Waals surface area contributed by atoms with Gasteiger partial charge in [-0.3, -0.25) is 9.59 Å². The predicted molar refractivity (Wildman–Crippen MR) is 86.0 cm³/mol. The Morgan fingerprint density at radius 2 is 1.39 bits per heavy atom. The van der Waals surface area contributed by atoms with Crippen LogP contribution in [0.4, 0.5) is 4.39 Å². The molecule has 0 aliphatic carbocycles. The topological polar surface area (TPSA) is 52.6 Å². The lowest BCUT2D eigenvalue weighted by Crippen LogP contribution is -2.12. The van der Waals surface area contributed by atoms with E-state index in [-0.39, 0.29) is 24.3 Å². The highest BCUT2D eigenvalue weighted by Crippen LogP contribution is 2.29. The first-order valence-electron chi connectivity index (χ1n) is 8.27. The Kier molecular flexibility index (Phi) is 8.95. The molecule has 0 fully saturated rings. The van der Waals surface area contributed by atoms with Crippen molar-refractivity contribution < 1.29 is 23.5 Å². The van der Waals surface area contributed by atoms with Crippen LogP contribution >= 0.6 is 0 Å². The molecular formula is C18H25FO4. The second kappa shape index (κ2) is 10.8. The van der Waals surface area contributed by atoms with E-state index in [9.17, 15) is 14.0 Å². The van der Waals surface area contributed by atoms with Crippen molar-refractivity contribution in [2.24, 2.45) is 0 Å². The van der Waals surface area contributed by atoms with Crippen molar-refractivity contribution >= 4 is 11.9 Å². The molecule has 0 N–H and O–H groups in total. The Morgan fingerprint density at radius 3 is 1.91 bits per heavy atom. The summed E-state index contributed by atoms with van der Waals surface area (Å²) in [5.74, 6) is -1.38. The van der Waals surface area contributed by atoms with Crippen LogP contribution in [0.25, 0.3) is 0 Å². The maximum Gasteiger partial charge on any atom is 0.311 e. The van der Waals surface area contributed by atoms with Gasteiger partial charge in [0, 0.05) is 18.9 Å². The molecule has 0 spiro atoms. The molecule has 0 heterocycles. The van der Waals surface area contributed by atoms with Crippen molar-refractivity contribution in [3.8, 4) is 11.5 Å². The minimum atomic E-state index is -0.549. The van der Waals surface area contributed by atoms with Crippen LogP contribution < -0.4 is 9.47 Å². The zero-order valence-electron chi connectivity index (χ0n) is 13.9. The molecule has 23 heavy (non-hydrogen) atoms. The van der Waals surface area contributed by atoms with E-state index in [1.54, 1.807) is 0 Å². The highest BCUT2D eigenvalue weighted by atomic mass is 19.1. The zero-order valence-corrected chi connectivity index (χ0v) is 13.9. The molecule has 0 bridgehead atoms. The summed E-state index contributed by atoms with van der Waals surface area (Å²) in [7, 11) is 0. The summed E-state index contributed by atoms with van der Waals surface area (Å²) in [5, 5.41) is 0. The second-order valence-corrected chi connectivity index (χ2v) is 5.45. The SMILES string of the molecule is CCCCCC(=O)Oc1ccc(F)cc1OC(=O)CCCCC. The average molecular weight is 324 g/mol. The van der Waals surface area contributed by atoms with Crippen molar-refractivity contribution in [1.82, 2.24) is 0 Å². The summed E-state index contributed by atoms with van der Waals surface area (Å²) in [4.78, 5) is 23.5. The van der Waals surface area contributed by atoms with Gasteiger partial charge in [0.15, 0.2) is 11.5 Å². The predicted octanol–water partition coefficient (Wildman–Crippen LogP) is 4.80. The molecule has 0 aromatic heterocycles. The molecule has 128 valence electrons. The summed E-state index contributed by atoms with van der Waals surface area (Å²) in [6.45, 7) is 4.08. The van der Waals surface area contributed by atoms with Crippen LogP contribution in [0.15, 0.2) is 18.2 Å². The maximum absolute atomic E-state index is 13.4. The van der Waals surface area contributed by atoms with Crippen LogP contribution in [0.3, 0.4) is 0 Å². The summed E-state index contributed by atoms with van der Waals surface area (Å²) < 4.78 is 23.7. The number of carbonyl (C=O) groups is 2. The molecule has 0 radical (unpaired) electrons. The maximum atomic E-state index is 13.4. The van der Waals surface area contributed by atoms with Gasteiger partial charge in [0.05, 0.1) is 0 Å². The van der Waals surface area contributed by atoms with Gasteiger partial charge in [-0.25, -0.2) is 4.39 Å². The average Bonchev–Trinajstić information content (AvgIpc) is 2.50. The van der Waals surface area contributed by atoms with Crippen molar-refractivity contribution in [3.63, 3.8) is 0 Å². The molecule has 0 aliphatic heterocycles. The molecule has 0 unspecified atom stereocenters. The van der Waals surface area contributed by atoms with Gasteiger partial charge in [-0.2, -0.15) is 0 Å². The van der Waals surface area contributed by atoms with Gasteiger partial charge in [-0.15, -0.1) is 0 Å².